The van der Waals surface area contributed by atoms with Crippen LogP contribution in [-0.4, -0.2) is 71.9 Å². The summed E-state index contributed by atoms with van der Waals surface area (Å²) < 4.78 is 31.0. The van der Waals surface area contributed by atoms with Gasteiger partial charge in [-0.25, -0.2) is 12.7 Å². The lowest BCUT2D eigenvalue weighted by atomic mass is 10.1. The summed E-state index contributed by atoms with van der Waals surface area (Å²) in [6.07, 6.45) is 1.59. The minimum Gasteiger partial charge on any atom is -0.496 e. The fraction of sp³-hybridized carbons (Fsp3) is 0.588. The van der Waals surface area contributed by atoms with Gasteiger partial charge in [-0.2, -0.15) is 0 Å². The molecule has 7 nitrogen and oxygen atoms in total. The summed E-state index contributed by atoms with van der Waals surface area (Å²) in [6, 6.07) is 4.72. The summed E-state index contributed by atoms with van der Waals surface area (Å²) in [6.45, 7) is 1.54. The minimum atomic E-state index is -3.52. The molecule has 0 fully saturated rings. The van der Waals surface area contributed by atoms with Crippen molar-refractivity contribution in [2.24, 2.45) is 0 Å². The van der Waals surface area contributed by atoms with Crippen LogP contribution in [0.5, 0.6) is 5.75 Å². The molecular weight excluding hydrogens is 342 g/mol. The molecule has 0 aliphatic carbocycles. The molecule has 0 saturated heterocycles. The number of hydrogen-bond donors (Lipinski definition) is 1. The quantitative estimate of drug-likeness (QED) is 0.620. The fourth-order valence-electron chi connectivity index (χ4n) is 2.28. The zero-order valence-corrected chi connectivity index (χ0v) is 16.5. The number of amides is 1. The predicted octanol–water partition coefficient (Wildman–Crippen LogP) is 0.946. The second kappa shape index (κ2) is 9.74. The van der Waals surface area contributed by atoms with Crippen molar-refractivity contribution >= 4 is 15.9 Å². The van der Waals surface area contributed by atoms with E-state index in [1.165, 1.54) is 27.3 Å². The van der Waals surface area contributed by atoms with Crippen molar-refractivity contribution in [2.45, 2.75) is 24.2 Å². The second-order valence-electron chi connectivity index (χ2n) is 6.27. The lowest BCUT2D eigenvalue weighted by Gasteiger charge is -2.14. The van der Waals surface area contributed by atoms with Crippen molar-refractivity contribution in [3.8, 4) is 5.75 Å². The topological polar surface area (TPSA) is 79.0 Å². The molecule has 1 aromatic carbocycles. The van der Waals surface area contributed by atoms with E-state index in [9.17, 15) is 13.2 Å². The maximum Gasteiger partial charge on any atom is 0.242 e. The molecule has 8 heteroatoms. The van der Waals surface area contributed by atoms with Gasteiger partial charge in [0.2, 0.25) is 15.9 Å². The van der Waals surface area contributed by atoms with Crippen LogP contribution in [0, 0.1) is 0 Å². The van der Waals surface area contributed by atoms with Crippen molar-refractivity contribution in [3.05, 3.63) is 23.8 Å². The van der Waals surface area contributed by atoms with E-state index in [4.69, 9.17) is 4.74 Å². The number of ether oxygens (including phenoxy) is 1. The Morgan fingerprint density at radius 3 is 2.44 bits per heavy atom. The highest BCUT2D eigenvalue weighted by molar-refractivity contribution is 7.89. The summed E-state index contributed by atoms with van der Waals surface area (Å²) in [5.74, 6) is 0.528. The maximum absolute atomic E-state index is 12.3. The van der Waals surface area contributed by atoms with Crippen LogP contribution in [-0.2, 0) is 21.2 Å². The van der Waals surface area contributed by atoms with Gasteiger partial charge in [0, 0.05) is 27.1 Å². The molecule has 0 heterocycles. The lowest BCUT2D eigenvalue weighted by Crippen LogP contribution is -2.27. The van der Waals surface area contributed by atoms with Crippen LogP contribution in [0.25, 0.3) is 0 Å². The van der Waals surface area contributed by atoms with Gasteiger partial charge in [0.1, 0.15) is 5.75 Å². The molecule has 1 amide bonds. The van der Waals surface area contributed by atoms with E-state index < -0.39 is 10.0 Å². The average molecular weight is 372 g/mol. The van der Waals surface area contributed by atoms with Crippen LogP contribution in [0.3, 0.4) is 0 Å². The van der Waals surface area contributed by atoms with Crippen molar-refractivity contribution < 1.29 is 17.9 Å². The maximum atomic E-state index is 12.3. The Morgan fingerprint density at radius 1 is 1.20 bits per heavy atom. The fourth-order valence-corrected chi connectivity index (χ4v) is 3.23. The number of nitrogens with zero attached hydrogens (tertiary/aromatic N) is 2. The van der Waals surface area contributed by atoms with Crippen molar-refractivity contribution in [1.82, 2.24) is 14.5 Å². The zero-order valence-electron chi connectivity index (χ0n) is 15.7. The van der Waals surface area contributed by atoms with Gasteiger partial charge in [0.05, 0.1) is 12.0 Å². The molecule has 1 rings (SSSR count). The highest BCUT2D eigenvalue weighted by Crippen LogP contribution is 2.25. The first-order chi connectivity index (χ1) is 11.7. The Kier molecular flexibility index (Phi) is 8.34. The van der Waals surface area contributed by atoms with Gasteiger partial charge in [-0.05, 0) is 57.2 Å². The molecule has 0 saturated carbocycles. The Morgan fingerprint density at radius 2 is 1.88 bits per heavy atom. The number of carbonyl (C=O) groups is 1. The van der Waals surface area contributed by atoms with E-state index in [0.717, 1.165) is 17.3 Å². The predicted molar refractivity (Wildman–Crippen MR) is 98.4 cm³/mol. The van der Waals surface area contributed by atoms with Crippen LogP contribution in [0.2, 0.25) is 0 Å². The van der Waals surface area contributed by atoms with Gasteiger partial charge < -0.3 is 15.0 Å². The molecular formula is C17H29N3O4S. The standard InChI is InChI=1S/C17H29N3O4S/c1-19(2)12-6-11-18-17(21)10-7-14-13-15(8-9-16(14)24-5)25(22,23)20(3)4/h8-9,13H,6-7,10-12H2,1-5H3,(H,18,21). The third-order valence-electron chi connectivity index (χ3n) is 3.76. The summed E-state index contributed by atoms with van der Waals surface area (Å²) in [5, 5.41) is 2.88. The lowest BCUT2D eigenvalue weighted by molar-refractivity contribution is -0.121. The SMILES string of the molecule is COc1ccc(S(=O)(=O)N(C)C)cc1CCC(=O)NCCCN(C)C. The van der Waals surface area contributed by atoms with Crippen LogP contribution >= 0.6 is 0 Å². The number of carbonyl (C=O) groups excluding carboxylic acids is 1. The number of methoxy groups -OCH3 is 1. The molecule has 0 radical (unpaired) electrons. The van der Waals surface area contributed by atoms with Gasteiger partial charge >= 0.3 is 0 Å². The van der Waals surface area contributed by atoms with Crippen molar-refractivity contribution in [1.29, 1.82) is 0 Å². The number of aryl methyl sites for hydroxylation is 1. The molecule has 25 heavy (non-hydrogen) atoms. The monoisotopic (exact) mass is 371 g/mol. The number of hydrogen-bond acceptors (Lipinski definition) is 5. The highest BCUT2D eigenvalue weighted by atomic mass is 32.2. The molecule has 0 atom stereocenters. The van der Waals surface area contributed by atoms with E-state index in [2.05, 4.69) is 10.2 Å². The molecule has 0 unspecified atom stereocenters. The van der Waals surface area contributed by atoms with Gasteiger partial charge in [0.25, 0.3) is 0 Å². The summed E-state index contributed by atoms with van der Waals surface area (Å²) in [5.41, 5.74) is 0.703. The van der Waals surface area contributed by atoms with Crippen LogP contribution in [0.4, 0.5) is 0 Å². The van der Waals surface area contributed by atoms with Gasteiger partial charge in [-0.3, -0.25) is 4.79 Å². The molecule has 0 bridgehead atoms. The van der Waals surface area contributed by atoms with Crippen LogP contribution in [0.1, 0.15) is 18.4 Å². The Bertz CT molecular complexity index is 672. The van der Waals surface area contributed by atoms with Crippen LogP contribution < -0.4 is 10.1 Å². The van der Waals surface area contributed by atoms with E-state index >= 15 is 0 Å². The van der Waals surface area contributed by atoms with E-state index in [0.29, 0.717) is 24.3 Å². The number of rotatable bonds is 10. The minimum absolute atomic E-state index is 0.0540. The highest BCUT2D eigenvalue weighted by Gasteiger charge is 2.19. The molecule has 0 aliphatic heterocycles. The van der Waals surface area contributed by atoms with E-state index in [1.54, 1.807) is 12.1 Å². The Labute approximate surface area is 151 Å². The van der Waals surface area contributed by atoms with Gasteiger partial charge in [0.15, 0.2) is 0 Å². The number of sulfonamides is 1. The van der Waals surface area contributed by atoms with E-state index in [1.807, 2.05) is 14.1 Å². The second-order valence-corrected chi connectivity index (χ2v) is 8.42. The first-order valence-corrected chi connectivity index (χ1v) is 9.63. The molecule has 0 aliphatic rings. The first-order valence-electron chi connectivity index (χ1n) is 8.19. The molecule has 1 aromatic rings. The molecule has 142 valence electrons. The van der Waals surface area contributed by atoms with E-state index in [-0.39, 0.29) is 17.2 Å². The molecule has 1 N–H and O–H groups in total. The third kappa shape index (κ3) is 6.64. The number of benzene rings is 1. The smallest absolute Gasteiger partial charge is 0.242 e. The van der Waals surface area contributed by atoms with Crippen LogP contribution in [0.15, 0.2) is 23.1 Å². The summed E-state index contributed by atoms with van der Waals surface area (Å²) in [7, 11) is 4.96. The average Bonchev–Trinajstić information content (AvgIpc) is 2.56. The Balaban J connectivity index is 2.72. The summed E-state index contributed by atoms with van der Waals surface area (Å²) >= 11 is 0. The zero-order chi connectivity index (χ0) is 19.0. The number of nitrogens with one attached hydrogen (secondary N) is 1. The van der Waals surface area contributed by atoms with Gasteiger partial charge in [-0.1, -0.05) is 0 Å². The first kappa shape index (κ1) is 21.4. The molecule has 0 spiro atoms. The summed E-state index contributed by atoms with van der Waals surface area (Å²) in [4.78, 5) is 14.2. The van der Waals surface area contributed by atoms with Crippen molar-refractivity contribution in [2.75, 3.05) is 48.4 Å². The van der Waals surface area contributed by atoms with Gasteiger partial charge in [-0.15, -0.1) is 0 Å². The largest absolute Gasteiger partial charge is 0.496 e. The molecule has 0 aromatic heterocycles. The Hall–Kier alpha value is -1.64. The normalized spacial score (nSPS) is 11.8. The van der Waals surface area contributed by atoms with Crippen molar-refractivity contribution in [3.63, 3.8) is 0 Å². The third-order valence-corrected chi connectivity index (χ3v) is 5.57.